The van der Waals surface area contributed by atoms with Gasteiger partial charge in [-0.05, 0) is 31.0 Å². The molecule has 0 amide bonds. The van der Waals surface area contributed by atoms with Gasteiger partial charge in [0, 0.05) is 18.1 Å². The van der Waals surface area contributed by atoms with Gasteiger partial charge in [-0.15, -0.1) is 5.10 Å². The van der Waals surface area contributed by atoms with Gasteiger partial charge < -0.3 is 10.2 Å². The summed E-state index contributed by atoms with van der Waals surface area (Å²) in [4.78, 5) is 6.24. The highest BCUT2D eigenvalue weighted by molar-refractivity contribution is 6.30. The molecule has 2 rings (SSSR count). The molecule has 0 aliphatic heterocycles. The maximum Gasteiger partial charge on any atom is 0.418 e. The third-order valence-electron chi connectivity index (χ3n) is 3.37. The lowest BCUT2D eigenvalue weighted by atomic mass is 10.1. The quantitative estimate of drug-likeness (QED) is 0.747. The number of rotatable bonds is 7. The number of nitrogens with zero attached hydrogens (tertiary/aromatic N) is 4. The van der Waals surface area contributed by atoms with Crippen molar-refractivity contribution in [3.63, 3.8) is 0 Å². The second-order valence-corrected chi connectivity index (χ2v) is 5.88. The van der Waals surface area contributed by atoms with E-state index in [2.05, 4.69) is 20.5 Å². The van der Waals surface area contributed by atoms with Crippen LogP contribution in [0.25, 0.3) is 0 Å². The Labute approximate surface area is 149 Å². The maximum atomic E-state index is 13.2. The van der Waals surface area contributed by atoms with Crippen molar-refractivity contribution in [1.29, 1.82) is 0 Å². The van der Waals surface area contributed by atoms with Crippen LogP contribution < -0.4 is 10.2 Å². The zero-order chi connectivity index (χ0) is 18.4. The Hall–Kier alpha value is -2.09. The lowest BCUT2D eigenvalue weighted by Crippen LogP contribution is -2.27. The number of hydrogen-bond acceptors (Lipinski definition) is 5. The molecule has 1 heterocycles. The molecular formula is C16H19ClF3N5. The summed E-state index contributed by atoms with van der Waals surface area (Å²) >= 11 is 5.69. The molecule has 0 atom stereocenters. The molecule has 136 valence electrons. The van der Waals surface area contributed by atoms with E-state index in [1.54, 1.807) is 0 Å². The summed E-state index contributed by atoms with van der Waals surface area (Å²) in [5, 5.41) is 10.5. The molecule has 2 aromatic rings. The fourth-order valence-electron chi connectivity index (χ4n) is 2.34. The maximum absolute atomic E-state index is 13.2. The molecular weight excluding hydrogens is 355 g/mol. The first-order valence-corrected chi connectivity index (χ1v) is 8.31. The van der Waals surface area contributed by atoms with Crippen molar-refractivity contribution in [2.45, 2.75) is 32.9 Å². The SMILES string of the molecule is CCCN(CCC)c1nncc(Nc2ccc(Cl)cc2C(F)(F)F)n1. The summed E-state index contributed by atoms with van der Waals surface area (Å²) in [6.07, 6.45) is -1.45. The van der Waals surface area contributed by atoms with E-state index >= 15 is 0 Å². The van der Waals surface area contributed by atoms with Gasteiger partial charge >= 0.3 is 6.18 Å². The minimum Gasteiger partial charge on any atom is -0.339 e. The van der Waals surface area contributed by atoms with Crippen LogP contribution in [0.5, 0.6) is 0 Å². The van der Waals surface area contributed by atoms with Crippen LogP contribution in [0.15, 0.2) is 24.4 Å². The van der Waals surface area contributed by atoms with Gasteiger partial charge in [0.1, 0.15) is 0 Å². The van der Waals surface area contributed by atoms with Crippen LogP contribution in [0.1, 0.15) is 32.3 Å². The third-order valence-corrected chi connectivity index (χ3v) is 3.60. The second-order valence-electron chi connectivity index (χ2n) is 5.44. The zero-order valence-corrected chi connectivity index (χ0v) is 14.7. The Morgan fingerprint density at radius 3 is 2.44 bits per heavy atom. The molecule has 5 nitrogen and oxygen atoms in total. The first-order valence-electron chi connectivity index (χ1n) is 7.93. The Morgan fingerprint density at radius 2 is 1.84 bits per heavy atom. The number of hydrogen-bond donors (Lipinski definition) is 1. The monoisotopic (exact) mass is 373 g/mol. The van der Waals surface area contributed by atoms with Crippen LogP contribution in [-0.2, 0) is 6.18 Å². The van der Waals surface area contributed by atoms with Crippen molar-refractivity contribution in [1.82, 2.24) is 15.2 Å². The lowest BCUT2D eigenvalue weighted by molar-refractivity contribution is -0.136. The first kappa shape index (κ1) is 19.2. The number of halogens is 4. The van der Waals surface area contributed by atoms with Gasteiger partial charge in [-0.25, -0.2) is 0 Å². The average Bonchev–Trinajstić information content (AvgIpc) is 2.56. The molecule has 25 heavy (non-hydrogen) atoms. The minimum atomic E-state index is -4.53. The van der Waals surface area contributed by atoms with E-state index in [4.69, 9.17) is 11.6 Å². The highest BCUT2D eigenvalue weighted by atomic mass is 35.5. The third kappa shape index (κ3) is 5.19. The van der Waals surface area contributed by atoms with Crippen molar-refractivity contribution < 1.29 is 13.2 Å². The van der Waals surface area contributed by atoms with Crippen LogP contribution in [-0.4, -0.2) is 28.3 Å². The Morgan fingerprint density at radius 1 is 1.16 bits per heavy atom. The molecule has 0 aliphatic carbocycles. The van der Waals surface area contributed by atoms with Crippen LogP contribution in [0, 0.1) is 0 Å². The molecule has 0 saturated carbocycles. The Balaban J connectivity index is 2.31. The highest BCUT2D eigenvalue weighted by Gasteiger charge is 2.34. The normalized spacial score (nSPS) is 11.4. The largest absolute Gasteiger partial charge is 0.418 e. The summed E-state index contributed by atoms with van der Waals surface area (Å²) in [5.41, 5.74) is -1.000. The van der Waals surface area contributed by atoms with Crippen molar-refractivity contribution in [3.05, 3.63) is 35.0 Å². The predicted octanol–water partition coefficient (Wildman–Crippen LogP) is 4.91. The van der Waals surface area contributed by atoms with Gasteiger partial charge in [-0.1, -0.05) is 25.4 Å². The summed E-state index contributed by atoms with van der Waals surface area (Å²) in [6.45, 7) is 5.55. The van der Waals surface area contributed by atoms with E-state index < -0.39 is 11.7 Å². The van der Waals surface area contributed by atoms with Crippen molar-refractivity contribution >= 4 is 29.1 Å². The smallest absolute Gasteiger partial charge is 0.339 e. The number of benzene rings is 1. The van der Waals surface area contributed by atoms with Gasteiger partial charge in [0.2, 0.25) is 5.95 Å². The first-order chi connectivity index (χ1) is 11.8. The number of anilines is 3. The van der Waals surface area contributed by atoms with Crippen LogP contribution in [0.2, 0.25) is 5.02 Å². The molecule has 1 aromatic carbocycles. The standard InChI is InChI=1S/C16H19ClF3N5/c1-3-7-25(8-4-2)15-23-14(10-21-24-15)22-13-6-5-11(17)9-12(13)16(18,19)20/h5-6,9-10H,3-4,7-8H2,1-2H3,(H,22,23,24). The molecule has 1 aromatic heterocycles. The number of nitrogens with one attached hydrogen (secondary N) is 1. The van der Waals surface area contributed by atoms with Crippen LogP contribution >= 0.6 is 11.6 Å². The van der Waals surface area contributed by atoms with Gasteiger partial charge in [-0.3, -0.25) is 0 Å². The molecule has 0 radical (unpaired) electrons. The summed E-state index contributed by atoms with van der Waals surface area (Å²) in [6, 6.07) is 3.53. The van der Waals surface area contributed by atoms with E-state index in [1.165, 1.54) is 18.3 Å². The predicted molar refractivity (Wildman–Crippen MR) is 92.4 cm³/mol. The number of aromatic nitrogens is 3. The van der Waals surface area contributed by atoms with E-state index in [0.717, 1.165) is 32.0 Å². The fraction of sp³-hybridized carbons (Fsp3) is 0.438. The van der Waals surface area contributed by atoms with Gasteiger partial charge in [-0.2, -0.15) is 23.3 Å². The summed E-state index contributed by atoms with van der Waals surface area (Å²) < 4.78 is 39.6. The average molecular weight is 374 g/mol. The van der Waals surface area contributed by atoms with Crippen LogP contribution in [0.4, 0.5) is 30.6 Å². The minimum absolute atomic E-state index is 0.0106. The molecule has 1 N–H and O–H groups in total. The Bertz CT molecular complexity index is 702. The van der Waals surface area contributed by atoms with Crippen LogP contribution in [0.3, 0.4) is 0 Å². The summed E-state index contributed by atoms with van der Waals surface area (Å²) in [7, 11) is 0. The topological polar surface area (TPSA) is 53.9 Å². The highest BCUT2D eigenvalue weighted by Crippen LogP contribution is 2.37. The van der Waals surface area contributed by atoms with E-state index in [9.17, 15) is 13.2 Å². The van der Waals surface area contributed by atoms with Crippen molar-refractivity contribution in [2.24, 2.45) is 0 Å². The zero-order valence-electron chi connectivity index (χ0n) is 13.9. The van der Waals surface area contributed by atoms with Gasteiger partial charge in [0.05, 0.1) is 17.4 Å². The molecule has 9 heteroatoms. The van der Waals surface area contributed by atoms with Crippen molar-refractivity contribution in [2.75, 3.05) is 23.3 Å². The summed E-state index contributed by atoms with van der Waals surface area (Å²) in [5.74, 6) is 0.575. The molecule has 0 saturated heterocycles. The van der Waals surface area contributed by atoms with Crippen molar-refractivity contribution in [3.8, 4) is 0 Å². The number of alkyl halides is 3. The molecule has 0 aliphatic rings. The van der Waals surface area contributed by atoms with Gasteiger partial charge in [0.15, 0.2) is 5.82 Å². The molecule has 0 fully saturated rings. The lowest BCUT2D eigenvalue weighted by Gasteiger charge is -2.21. The Kier molecular flexibility index (Phi) is 6.41. The second kappa shape index (κ2) is 8.33. The fourth-order valence-corrected chi connectivity index (χ4v) is 2.51. The van der Waals surface area contributed by atoms with E-state index in [-0.39, 0.29) is 16.5 Å². The van der Waals surface area contributed by atoms with E-state index in [0.29, 0.717) is 5.95 Å². The molecule has 0 spiro atoms. The van der Waals surface area contributed by atoms with E-state index in [1.807, 2.05) is 18.7 Å². The molecule has 0 bridgehead atoms. The van der Waals surface area contributed by atoms with Gasteiger partial charge in [0.25, 0.3) is 0 Å². The molecule has 0 unspecified atom stereocenters.